The minimum Gasteiger partial charge on any atom is -0.496 e. The van der Waals surface area contributed by atoms with Crippen LogP contribution in [0.1, 0.15) is 11.1 Å². The molecule has 1 aromatic heterocycles. The van der Waals surface area contributed by atoms with E-state index in [1.807, 2.05) is 6.07 Å². The third kappa shape index (κ3) is 3.61. The number of hydrogen-bond acceptors (Lipinski definition) is 3. The number of aromatic nitrogens is 2. The number of carboxylic acid groups (broad SMARTS) is 1. The van der Waals surface area contributed by atoms with Crippen LogP contribution in [0.2, 0.25) is 5.02 Å². The second-order valence-electron chi connectivity index (χ2n) is 4.10. The lowest BCUT2D eigenvalue weighted by Crippen LogP contribution is -2.02. The highest BCUT2D eigenvalue weighted by Crippen LogP contribution is 2.22. The van der Waals surface area contributed by atoms with E-state index in [0.29, 0.717) is 17.3 Å². The zero-order valence-corrected chi connectivity index (χ0v) is 11.5. The van der Waals surface area contributed by atoms with Crippen LogP contribution in [0.3, 0.4) is 0 Å². The van der Waals surface area contributed by atoms with Crippen molar-refractivity contribution in [3.8, 4) is 5.75 Å². The largest absolute Gasteiger partial charge is 0.496 e. The lowest BCUT2D eigenvalue weighted by atomic mass is 10.1. The molecule has 5 nitrogen and oxygen atoms in total. The third-order valence-electron chi connectivity index (χ3n) is 2.66. The standard InChI is InChI=1S/C14H13ClN2O3/c1-20-13-4-2-10(3-5-14(18)19)6-11(13)8-17-9-12(15)7-16-17/h2-7,9H,8H2,1H3,(H,18,19)/b5-3+. The van der Waals surface area contributed by atoms with Gasteiger partial charge in [0, 0.05) is 17.8 Å². The average molecular weight is 293 g/mol. The van der Waals surface area contributed by atoms with Gasteiger partial charge in [0.1, 0.15) is 5.75 Å². The normalized spacial score (nSPS) is 10.9. The number of methoxy groups -OCH3 is 1. The maximum atomic E-state index is 10.5. The minimum atomic E-state index is -0.985. The molecule has 6 heteroatoms. The molecule has 0 saturated heterocycles. The molecular formula is C14H13ClN2O3. The minimum absolute atomic E-state index is 0.491. The highest BCUT2D eigenvalue weighted by atomic mass is 35.5. The summed E-state index contributed by atoms with van der Waals surface area (Å²) in [5, 5.41) is 13.3. The summed E-state index contributed by atoms with van der Waals surface area (Å²) in [6.45, 7) is 0.491. The highest BCUT2D eigenvalue weighted by molar-refractivity contribution is 6.30. The number of carbonyl (C=O) groups is 1. The number of rotatable bonds is 5. The van der Waals surface area contributed by atoms with Crippen molar-refractivity contribution in [1.82, 2.24) is 9.78 Å². The Morgan fingerprint density at radius 1 is 1.55 bits per heavy atom. The van der Waals surface area contributed by atoms with Gasteiger partial charge in [-0.3, -0.25) is 4.68 Å². The molecule has 0 aliphatic carbocycles. The van der Waals surface area contributed by atoms with Crippen molar-refractivity contribution in [2.75, 3.05) is 7.11 Å². The Morgan fingerprint density at radius 3 is 2.95 bits per heavy atom. The fourth-order valence-corrected chi connectivity index (χ4v) is 1.95. The number of nitrogens with zero attached hydrogens (tertiary/aromatic N) is 2. The first kappa shape index (κ1) is 14.1. The van der Waals surface area contributed by atoms with Crippen LogP contribution >= 0.6 is 11.6 Å². The summed E-state index contributed by atoms with van der Waals surface area (Å²) in [6, 6.07) is 5.44. The van der Waals surface area contributed by atoms with Crippen LogP contribution in [-0.2, 0) is 11.3 Å². The first-order valence-corrected chi connectivity index (χ1v) is 6.22. The van der Waals surface area contributed by atoms with Gasteiger partial charge in [-0.2, -0.15) is 5.10 Å². The van der Waals surface area contributed by atoms with E-state index in [0.717, 1.165) is 17.2 Å². The Bertz CT molecular complexity index is 650. The van der Waals surface area contributed by atoms with Gasteiger partial charge >= 0.3 is 5.97 Å². The topological polar surface area (TPSA) is 64.3 Å². The van der Waals surface area contributed by atoms with Crippen LogP contribution in [0.4, 0.5) is 0 Å². The van der Waals surface area contributed by atoms with Crippen molar-refractivity contribution in [1.29, 1.82) is 0 Å². The number of aliphatic carboxylic acids is 1. The summed E-state index contributed by atoms with van der Waals surface area (Å²) >= 11 is 5.83. The van der Waals surface area contributed by atoms with Crippen molar-refractivity contribution in [3.63, 3.8) is 0 Å². The Morgan fingerprint density at radius 2 is 2.35 bits per heavy atom. The number of halogens is 1. The molecule has 0 amide bonds. The van der Waals surface area contributed by atoms with Crippen molar-refractivity contribution in [2.24, 2.45) is 0 Å². The Balaban J connectivity index is 2.29. The van der Waals surface area contributed by atoms with Gasteiger partial charge in [0.2, 0.25) is 0 Å². The average Bonchev–Trinajstić information content (AvgIpc) is 2.82. The van der Waals surface area contributed by atoms with E-state index in [2.05, 4.69) is 5.10 Å². The molecule has 1 aromatic carbocycles. The second kappa shape index (κ2) is 6.25. The van der Waals surface area contributed by atoms with Crippen LogP contribution in [-0.4, -0.2) is 28.0 Å². The molecule has 104 valence electrons. The van der Waals surface area contributed by atoms with Gasteiger partial charge < -0.3 is 9.84 Å². The molecule has 0 fully saturated rings. The summed E-state index contributed by atoms with van der Waals surface area (Å²) in [5.74, 6) is -0.273. The van der Waals surface area contributed by atoms with E-state index in [4.69, 9.17) is 21.4 Å². The predicted molar refractivity (Wildman–Crippen MR) is 76.0 cm³/mol. The maximum Gasteiger partial charge on any atom is 0.328 e. The Kier molecular flexibility index (Phi) is 4.42. The Labute approximate surface area is 121 Å². The van der Waals surface area contributed by atoms with Crippen LogP contribution in [0.25, 0.3) is 6.08 Å². The lowest BCUT2D eigenvalue weighted by molar-refractivity contribution is -0.131. The van der Waals surface area contributed by atoms with Gasteiger partial charge in [0.05, 0.1) is 24.9 Å². The lowest BCUT2D eigenvalue weighted by Gasteiger charge is -2.09. The smallest absolute Gasteiger partial charge is 0.328 e. The quantitative estimate of drug-likeness (QED) is 0.861. The van der Waals surface area contributed by atoms with Crippen molar-refractivity contribution >= 4 is 23.6 Å². The second-order valence-corrected chi connectivity index (χ2v) is 4.54. The predicted octanol–water partition coefficient (Wildman–Crippen LogP) is 2.69. The summed E-state index contributed by atoms with van der Waals surface area (Å²) in [6.07, 6.45) is 5.89. The third-order valence-corrected chi connectivity index (χ3v) is 2.85. The molecule has 1 heterocycles. The first-order chi connectivity index (χ1) is 9.58. The van der Waals surface area contributed by atoms with Gasteiger partial charge in [-0.15, -0.1) is 0 Å². The van der Waals surface area contributed by atoms with Crippen molar-refractivity contribution in [2.45, 2.75) is 6.54 Å². The van der Waals surface area contributed by atoms with E-state index in [1.54, 1.807) is 36.3 Å². The van der Waals surface area contributed by atoms with Crippen LogP contribution in [0.5, 0.6) is 5.75 Å². The van der Waals surface area contributed by atoms with Crippen molar-refractivity contribution in [3.05, 3.63) is 52.8 Å². The fraction of sp³-hybridized carbons (Fsp3) is 0.143. The molecule has 0 atom stereocenters. The van der Waals surface area contributed by atoms with Gasteiger partial charge in [0.15, 0.2) is 0 Å². The van der Waals surface area contributed by atoms with Gasteiger partial charge in [-0.25, -0.2) is 4.79 Å². The summed E-state index contributed by atoms with van der Waals surface area (Å²) in [7, 11) is 1.58. The van der Waals surface area contributed by atoms with E-state index in [1.165, 1.54) is 6.08 Å². The molecule has 0 bridgehead atoms. The van der Waals surface area contributed by atoms with Gasteiger partial charge in [-0.05, 0) is 23.8 Å². The summed E-state index contributed by atoms with van der Waals surface area (Å²) in [4.78, 5) is 10.5. The molecule has 0 saturated carbocycles. The molecule has 0 aliphatic rings. The molecule has 0 aliphatic heterocycles. The number of hydrogen-bond donors (Lipinski definition) is 1. The van der Waals surface area contributed by atoms with E-state index in [9.17, 15) is 4.79 Å². The SMILES string of the molecule is COc1ccc(/C=C/C(=O)O)cc1Cn1cc(Cl)cn1. The monoisotopic (exact) mass is 292 g/mol. The van der Waals surface area contributed by atoms with E-state index >= 15 is 0 Å². The molecule has 1 N–H and O–H groups in total. The van der Waals surface area contributed by atoms with Crippen LogP contribution < -0.4 is 4.74 Å². The molecule has 2 rings (SSSR count). The fourth-order valence-electron chi connectivity index (χ4n) is 1.79. The van der Waals surface area contributed by atoms with Crippen LogP contribution in [0.15, 0.2) is 36.7 Å². The molecule has 20 heavy (non-hydrogen) atoms. The number of carboxylic acids is 1. The van der Waals surface area contributed by atoms with Crippen molar-refractivity contribution < 1.29 is 14.6 Å². The zero-order valence-electron chi connectivity index (χ0n) is 10.8. The zero-order chi connectivity index (χ0) is 14.5. The number of ether oxygens (including phenoxy) is 1. The maximum absolute atomic E-state index is 10.5. The first-order valence-electron chi connectivity index (χ1n) is 5.84. The van der Waals surface area contributed by atoms with E-state index in [-0.39, 0.29) is 0 Å². The van der Waals surface area contributed by atoms with Gasteiger partial charge in [0.25, 0.3) is 0 Å². The summed E-state index contributed by atoms with van der Waals surface area (Å²) < 4.78 is 6.98. The van der Waals surface area contributed by atoms with Gasteiger partial charge in [-0.1, -0.05) is 17.7 Å². The molecule has 0 unspecified atom stereocenters. The summed E-state index contributed by atoms with van der Waals surface area (Å²) in [5.41, 5.74) is 1.67. The number of benzene rings is 1. The van der Waals surface area contributed by atoms with Crippen LogP contribution in [0, 0.1) is 0 Å². The molecule has 0 spiro atoms. The molecule has 2 aromatic rings. The highest BCUT2D eigenvalue weighted by Gasteiger charge is 2.06. The van der Waals surface area contributed by atoms with E-state index < -0.39 is 5.97 Å². The molecule has 0 radical (unpaired) electrons. The Hall–Kier alpha value is -2.27. The molecular weight excluding hydrogens is 280 g/mol.